The van der Waals surface area contributed by atoms with Crippen LogP contribution in [-0.2, 0) is 43.2 Å². The molecule has 7 aliphatic rings. The van der Waals surface area contributed by atoms with Gasteiger partial charge in [-0.05, 0) is 89.2 Å². The number of amides is 10. The maximum absolute atomic E-state index is 12.1. The number of aromatic nitrogens is 1. The number of ether oxygens (including phenoxy) is 1. The minimum absolute atomic E-state index is 0.0137. The highest BCUT2D eigenvalue weighted by atomic mass is 16.5. The van der Waals surface area contributed by atoms with Gasteiger partial charge in [0.2, 0.25) is 35.4 Å². The van der Waals surface area contributed by atoms with Crippen molar-refractivity contribution in [2.45, 2.75) is 213 Å². The number of pyridine rings is 1. The Kier molecular flexibility index (Phi) is 22.1. The second kappa shape index (κ2) is 26.0. The third kappa shape index (κ3) is 18.6. The fourth-order valence-corrected chi connectivity index (χ4v) is 10.6. The number of fused-ring (bicyclic) bond motifs is 1. The molecule has 1 aliphatic carbocycles. The monoisotopic (exact) mass is 1120 g/mol. The van der Waals surface area contributed by atoms with E-state index in [0.717, 1.165) is 25.7 Å². The van der Waals surface area contributed by atoms with Crippen LogP contribution in [0.2, 0.25) is 0 Å². The van der Waals surface area contributed by atoms with Gasteiger partial charge in [-0.2, -0.15) is 0 Å². The zero-order valence-electron chi connectivity index (χ0n) is 51.4. The lowest BCUT2D eigenvalue weighted by Crippen LogP contribution is -2.56. The van der Waals surface area contributed by atoms with Crippen molar-refractivity contribution in [2.75, 3.05) is 25.0 Å². The predicted octanol–water partition coefficient (Wildman–Crippen LogP) is 7.84. The van der Waals surface area contributed by atoms with Crippen molar-refractivity contribution in [2.24, 2.45) is 43.4 Å². The highest BCUT2D eigenvalue weighted by Crippen LogP contribution is 2.54. The normalized spacial score (nSPS) is 23.3. The largest absolute Gasteiger partial charge is 0.476 e. The van der Waals surface area contributed by atoms with Gasteiger partial charge in [0.05, 0.1) is 11.8 Å². The molecule has 446 valence electrons. The SMILES string of the molecule is CC(C)(C)C1(C)CCC(=O)NC1=O.CC(C)(C)C1=NCC(=O)NC1=O.CC(C)(C)C1C(=O)NC(=O)CC12CCCC2.CC(C)(C)C1Oc2cccnc2NC1=O.CC(C)(C)N1CCC(=O)CC1=N.CC(C)(C)N1CCC(=O)NC1=O. The number of amidine groups is 1. The molecule has 4 saturated heterocycles. The molecule has 21 heteroatoms. The lowest BCUT2D eigenvalue weighted by molar-refractivity contribution is -0.149. The molecule has 1 aromatic heterocycles. The van der Waals surface area contributed by atoms with Crippen LogP contribution in [0.25, 0.3) is 0 Å². The van der Waals surface area contributed by atoms with Gasteiger partial charge in [-0.1, -0.05) is 103 Å². The Hall–Kier alpha value is -6.41. The van der Waals surface area contributed by atoms with E-state index in [1.165, 1.54) is 0 Å². The first kappa shape index (κ1) is 67.9. The zero-order valence-corrected chi connectivity index (χ0v) is 51.4. The van der Waals surface area contributed by atoms with Crippen LogP contribution in [0.15, 0.2) is 23.3 Å². The molecule has 8 rings (SSSR count). The van der Waals surface area contributed by atoms with E-state index in [0.29, 0.717) is 74.7 Å². The maximum Gasteiger partial charge on any atom is 0.324 e. The number of imide groups is 4. The van der Waals surface area contributed by atoms with Crippen molar-refractivity contribution in [3.8, 4) is 5.75 Å². The van der Waals surface area contributed by atoms with Crippen molar-refractivity contribution in [3.05, 3.63) is 18.3 Å². The number of Topliss-reactive ketones (excluding diaryl/α,β-unsaturated/α-hetero) is 1. The first-order valence-corrected chi connectivity index (χ1v) is 27.8. The van der Waals surface area contributed by atoms with E-state index >= 15 is 0 Å². The minimum Gasteiger partial charge on any atom is -0.476 e. The number of anilines is 1. The summed E-state index contributed by atoms with van der Waals surface area (Å²) in [5, 5.41) is 19.8. The number of piperidine rings is 3. The van der Waals surface area contributed by atoms with E-state index in [2.05, 4.69) is 78.1 Å². The molecule has 1 aromatic rings. The Morgan fingerprint density at radius 3 is 1.66 bits per heavy atom. The molecule has 21 nitrogen and oxygen atoms in total. The number of aliphatic imine (C=N–C) groups is 1. The first-order valence-electron chi connectivity index (χ1n) is 27.8. The van der Waals surface area contributed by atoms with E-state index in [9.17, 15) is 47.9 Å². The average Bonchev–Trinajstić information content (AvgIpc) is 3.72. The molecule has 1 spiro atoms. The Labute approximate surface area is 474 Å². The molecule has 0 aromatic carbocycles. The predicted molar refractivity (Wildman–Crippen MR) is 306 cm³/mol. The third-order valence-corrected chi connectivity index (χ3v) is 15.2. The second-order valence-corrected chi connectivity index (χ2v) is 28.1. The molecule has 3 unspecified atom stereocenters. The number of nitrogens with one attached hydrogen (secondary N) is 6. The Bertz CT molecular complexity index is 2510. The third-order valence-electron chi connectivity index (χ3n) is 15.2. The number of ketones is 1. The van der Waals surface area contributed by atoms with Gasteiger partial charge in [-0.15, -0.1) is 0 Å². The molecular formula is C59H94N10O11. The summed E-state index contributed by atoms with van der Waals surface area (Å²) in [6.45, 7) is 39.3. The van der Waals surface area contributed by atoms with Crippen molar-refractivity contribution in [1.29, 1.82) is 5.41 Å². The molecule has 10 amide bonds. The van der Waals surface area contributed by atoms with Gasteiger partial charge in [-0.3, -0.25) is 74.8 Å². The van der Waals surface area contributed by atoms with E-state index in [4.69, 9.17) is 10.1 Å². The molecule has 7 heterocycles. The number of carbonyl (C=O) groups is 10. The molecule has 6 aliphatic heterocycles. The fourth-order valence-electron chi connectivity index (χ4n) is 10.6. The Balaban J connectivity index is 0.000000253. The number of likely N-dealkylation sites (tertiary alicyclic amines) is 1. The lowest BCUT2D eigenvalue weighted by atomic mass is 9.59. The van der Waals surface area contributed by atoms with Gasteiger partial charge in [0, 0.05) is 72.8 Å². The van der Waals surface area contributed by atoms with Gasteiger partial charge in [0.1, 0.15) is 23.9 Å². The second-order valence-electron chi connectivity index (χ2n) is 28.1. The lowest BCUT2D eigenvalue weighted by Gasteiger charge is -2.46. The molecule has 6 N–H and O–H groups in total. The van der Waals surface area contributed by atoms with Crippen LogP contribution in [-0.4, -0.2) is 122 Å². The Morgan fingerprint density at radius 2 is 1.19 bits per heavy atom. The number of carbonyl (C=O) groups excluding carboxylic acids is 10. The summed E-state index contributed by atoms with van der Waals surface area (Å²) < 4.78 is 5.63. The molecule has 1 saturated carbocycles. The fraction of sp³-hybridized carbons (Fsp3) is 0.712. The quantitative estimate of drug-likeness (QED) is 0.135. The van der Waals surface area contributed by atoms with Gasteiger partial charge in [0.25, 0.3) is 11.8 Å². The highest BCUT2D eigenvalue weighted by molar-refractivity contribution is 6.44. The van der Waals surface area contributed by atoms with Crippen LogP contribution in [0.5, 0.6) is 5.75 Å². The summed E-state index contributed by atoms with van der Waals surface area (Å²) in [6, 6.07) is 3.31. The zero-order chi connectivity index (χ0) is 61.4. The van der Waals surface area contributed by atoms with E-state index in [1.54, 1.807) is 23.2 Å². The summed E-state index contributed by atoms with van der Waals surface area (Å²) in [4.78, 5) is 124. The number of hydrogen-bond acceptors (Lipinski definition) is 14. The summed E-state index contributed by atoms with van der Waals surface area (Å²) >= 11 is 0. The van der Waals surface area contributed by atoms with E-state index in [-0.39, 0.29) is 110 Å². The van der Waals surface area contributed by atoms with Crippen LogP contribution in [0.1, 0.15) is 196 Å². The summed E-state index contributed by atoms with van der Waals surface area (Å²) in [5.74, 6) is 0.390. The molecule has 0 radical (unpaired) electrons. The highest BCUT2D eigenvalue weighted by Gasteiger charge is 2.54. The van der Waals surface area contributed by atoms with Crippen molar-refractivity contribution in [1.82, 2.24) is 36.1 Å². The number of urea groups is 1. The first-order chi connectivity index (χ1) is 36.3. The number of nitrogens with zero attached hydrogens (tertiary/aromatic N) is 4. The molecule has 80 heavy (non-hydrogen) atoms. The van der Waals surface area contributed by atoms with Crippen molar-refractivity contribution in [3.63, 3.8) is 0 Å². The van der Waals surface area contributed by atoms with Crippen molar-refractivity contribution < 1.29 is 52.7 Å². The van der Waals surface area contributed by atoms with Gasteiger partial charge in [-0.25, -0.2) is 9.78 Å². The summed E-state index contributed by atoms with van der Waals surface area (Å²) in [6.07, 6.45) is 8.53. The van der Waals surface area contributed by atoms with Crippen LogP contribution in [0, 0.1) is 43.8 Å². The number of rotatable bonds is 0. The average molecular weight is 1120 g/mol. The van der Waals surface area contributed by atoms with Gasteiger partial charge < -0.3 is 19.9 Å². The van der Waals surface area contributed by atoms with Gasteiger partial charge >= 0.3 is 6.03 Å². The van der Waals surface area contributed by atoms with Crippen LogP contribution in [0.3, 0.4) is 0 Å². The standard InChI is InChI=1S/C13H21NO2.C11H14N2O2.C10H17NO2.C9H16N2O.C8H12N2O2.C8H14N2O2/c1-12(2,3)10-11(16)14-9(15)8-13(10)6-4-5-7-13;1-11(2,3)8-10(14)13-9-7(15-8)5-4-6-12-9;1-9(2,3)10(4)6-5-7(12)11-8(10)13;1-9(2,3)11-5-4-7(12)6-8(11)10;1-8(2,3)6-7(12)10-5(11)4-9-6;1-8(2,3)10-5-4-6(11)9-7(10)12/h10H,4-8H2,1-3H3,(H,14,15,16);4-6,8H,1-3H3,(H,12,13,14);5-6H2,1-4H3,(H,11,12,13);10H,4-6H2,1-3H3;4H2,1-3H3,(H,10,11,12);4-5H2,1-3H3,(H,9,11,12). The van der Waals surface area contributed by atoms with Crippen LogP contribution < -0.4 is 31.3 Å². The number of hydrogen-bond donors (Lipinski definition) is 6. The van der Waals surface area contributed by atoms with Crippen LogP contribution in [0.4, 0.5) is 10.6 Å². The van der Waals surface area contributed by atoms with Crippen molar-refractivity contribution >= 4 is 76.4 Å². The van der Waals surface area contributed by atoms with Gasteiger partial charge in [0.15, 0.2) is 17.7 Å². The maximum atomic E-state index is 12.1. The summed E-state index contributed by atoms with van der Waals surface area (Å²) in [5.41, 5.74) is -0.904. The van der Waals surface area contributed by atoms with E-state index < -0.39 is 11.5 Å². The summed E-state index contributed by atoms with van der Waals surface area (Å²) in [7, 11) is 0. The minimum atomic E-state index is -0.464. The molecular weight excluding hydrogens is 1020 g/mol. The Morgan fingerprint density at radius 1 is 0.625 bits per heavy atom. The molecule has 0 bridgehead atoms. The topological polar surface area (TPSA) is 296 Å². The van der Waals surface area contributed by atoms with E-state index in [1.807, 2.05) is 94.9 Å². The van der Waals surface area contributed by atoms with Crippen LogP contribution >= 0.6 is 0 Å². The molecule has 3 atom stereocenters. The smallest absolute Gasteiger partial charge is 0.324 e. The molecule has 5 fully saturated rings.